The molecule has 0 amide bonds. The number of ether oxygens (including phenoxy) is 1. The first kappa shape index (κ1) is 20.3. The molecule has 148 valence electrons. The molecule has 2 aromatic heterocycles. The molecule has 0 aliphatic rings. The first-order valence-electron chi connectivity index (χ1n) is 8.77. The highest BCUT2D eigenvalue weighted by Gasteiger charge is 2.15. The smallest absolute Gasteiger partial charge is 0.227 e. The number of hydrogen-bond acceptors (Lipinski definition) is 7. The molecule has 7 nitrogen and oxygen atoms in total. The van der Waals surface area contributed by atoms with E-state index in [9.17, 15) is 8.42 Å². The van der Waals surface area contributed by atoms with E-state index in [0.717, 1.165) is 40.5 Å². The van der Waals surface area contributed by atoms with Crippen LogP contribution in [0, 0.1) is 6.92 Å². The minimum atomic E-state index is -3.37. The third-order valence-electron chi connectivity index (χ3n) is 4.07. The summed E-state index contributed by atoms with van der Waals surface area (Å²) >= 11 is 1.60. The van der Waals surface area contributed by atoms with Gasteiger partial charge >= 0.3 is 0 Å². The zero-order valence-electron chi connectivity index (χ0n) is 15.8. The lowest BCUT2D eigenvalue weighted by Crippen LogP contribution is -2.11. The molecule has 0 N–H and O–H groups in total. The highest BCUT2D eigenvalue weighted by atomic mass is 32.2. The Morgan fingerprint density at radius 1 is 1.11 bits per heavy atom. The van der Waals surface area contributed by atoms with Crippen LogP contribution in [0.25, 0.3) is 0 Å². The lowest BCUT2D eigenvalue weighted by Gasteiger charge is -2.14. The van der Waals surface area contributed by atoms with Gasteiger partial charge in [-0.1, -0.05) is 23.9 Å². The first-order chi connectivity index (χ1) is 13.4. The second kappa shape index (κ2) is 9.20. The van der Waals surface area contributed by atoms with Crippen LogP contribution in [-0.4, -0.2) is 46.6 Å². The van der Waals surface area contributed by atoms with Crippen LogP contribution < -0.4 is 4.74 Å². The van der Waals surface area contributed by atoms with Crippen LogP contribution in [0.1, 0.15) is 17.5 Å². The van der Waals surface area contributed by atoms with Crippen molar-refractivity contribution in [2.75, 3.05) is 18.6 Å². The number of hydrogen-bond donors (Lipinski definition) is 0. The fourth-order valence-electron chi connectivity index (χ4n) is 2.68. The van der Waals surface area contributed by atoms with Gasteiger partial charge in [0.25, 0.3) is 0 Å². The summed E-state index contributed by atoms with van der Waals surface area (Å²) in [5.74, 6) is 1.68. The van der Waals surface area contributed by atoms with Gasteiger partial charge in [-0.25, -0.2) is 23.4 Å². The van der Waals surface area contributed by atoms with Gasteiger partial charge in [-0.05, 0) is 36.6 Å². The summed E-state index contributed by atoms with van der Waals surface area (Å²) in [5.41, 5.74) is 1.99. The molecule has 0 fully saturated rings. The van der Waals surface area contributed by atoms with Crippen LogP contribution >= 0.6 is 11.8 Å². The fourth-order valence-corrected chi connectivity index (χ4v) is 4.20. The van der Waals surface area contributed by atoms with Crippen molar-refractivity contribution in [1.82, 2.24) is 19.5 Å². The molecule has 1 aromatic carbocycles. The van der Waals surface area contributed by atoms with E-state index < -0.39 is 9.84 Å². The fraction of sp³-hybridized carbons (Fsp3) is 0.316. The molecule has 3 rings (SSSR count). The van der Waals surface area contributed by atoms with Crippen LogP contribution in [0.4, 0.5) is 0 Å². The third-order valence-corrected chi connectivity index (χ3v) is 6.03. The van der Waals surface area contributed by atoms with Gasteiger partial charge in [0.1, 0.15) is 5.75 Å². The molecule has 0 aliphatic heterocycles. The van der Waals surface area contributed by atoms with E-state index in [1.807, 2.05) is 25.1 Å². The van der Waals surface area contributed by atoms with Crippen molar-refractivity contribution in [3.05, 3.63) is 60.2 Å². The van der Waals surface area contributed by atoms with Crippen LogP contribution in [0.5, 0.6) is 5.75 Å². The predicted octanol–water partition coefficient (Wildman–Crippen LogP) is 2.99. The standard InChI is InChI=1S/C19H22N4O3S2/c1-15-16(14-23-11-10-22-19(23)28(2,24)25)6-3-7-17(15)26-12-5-13-27-18-20-8-4-9-21-18/h3-4,6-11H,5,12-14H2,1-2H3. The number of sulfone groups is 1. The maximum Gasteiger partial charge on any atom is 0.227 e. The van der Waals surface area contributed by atoms with Crippen molar-refractivity contribution >= 4 is 21.6 Å². The van der Waals surface area contributed by atoms with Crippen LogP contribution in [-0.2, 0) is 16.4 Å². The predicted molar refractivity (Wildman–Crippen MR) is 108 cm³/mol. The Labute approximate surface area is 169 Å². The van der Waals surface area contributed by atoms with E-state index in [0.29, 0.717) is 13.2 Å². The monoisotopic (exact) mass is 418 g/mol. The van der Waals surface area contributed by atoms with Gasteiger partial charge in [-0.3, -0.25) is 0 Å². The molecule has 0 radical (unpaired) electrons. The Morgan fingerprint density at radius 2 is 1.89 bits per heavy atom. The van der Waals surface area contributed by atoms with Crippen molar-refractivity contribution in [3.63, 3.8) is 0 Å². The van der Waals surface area contributed by atoms with E-state index in [1.165, 1.54) is 6.20 Å². The quantitative estimate of drug-likeness (QED) is 0.300. The van der Waals surface area contributed by atoms with Crippen molar-refractivity contribution in [1.29, 1.82) is 0 Å². The summed E-state index contributed by atoms with van der Waals surface area (Å²) in [6.45, 7) is 2.99. The molecular formula is C19H22N4O3S2. The summed E-state index contributed by atoms with van der Waals surface area (Å²) in [6, 6.07) is 7.61. The molecule has 0 saturated heterocycles. The van der Waals surface area contributed by atoms with E-state index in [4.69, 9.17) is 4.74 Å². The number of benzene rings is 1. The van der Waals surface area contributed by atoms with Gasteiger partial charge in [-0.2, -0.15) is 0 Å². The number of imidazole rings is 1. The molecule has 0 atom stereocenters. The largest absolute Gasteiger partial charge is 0.493 e. The van der Waals surface area contributed by atoms with E-state index in [-0.39, 0.29) is 5.16 Å². The van der Waals surface area contributed by atoms with Crippen molar-refractivity contribution < 1.29 is 13.2 Å². The molecule has 0 aliphatic carbocycles. The Hall–Kier alpha value is -2.39. The van der Waals surface area contributed by atoms with Gasteiger partial charge < -0.3 is 9.30 Å². The Kier molecular flexibility index (Phi) is 6.69. The summed E-state index contributed by atoms with van der Waals surface area (Å²) < 4.78 is 31.3. The number of nitrogens with zero attached hydrogens (tertiary/aromatic N) is 4. The maximum absolute atomic E-state index is 11.8. The minimum Gasteiger partial charge on any atom is -0.493 e. The Bertz CT molecular complexity index is 1020. The molecule has 9 heteroatoms. The molecular weight excluding hydrogens is 396 g/mol. The van der Waals surface area contributed by atoms with Crippen molar-refractivity contribution in [3.8, 4) is 5.75 Å². The van der Waals surface area contributed by atoms with Crippen LogP contribution in [0.3, 0.4) is 0 Å². The molecule has 0 bridgehead atoms. The summed E-state index contributed by atoms with van der Waals surface area (Å²) in [6.07, 6.45) is 8.67. The minimum absolute atomic E-state index is 0.0679. The van der Waals surface area contributed by atoms with E-state index in [2.05, 4.69) is 15.0 Å². The number of aromatic nitrogens is 4. The van der Waals surface area contributed by atoms with Crippen molar-refractivity contribution in [2.24, 2.45) is 0 Å². The second-order valence-electron chi connectivity index (χ2n) is 6.23. The SMILES string of the molecule is Cc1c(Cn2ccnc2S(C)(=O)=O)cccc1OCCCSc1ncccn1. The Balaban J connectivity index is 1.58. The molecule has 0 saturated carbocycles. The molecule has 28 heavy (non-hydrogen) atoms. The summed E-state index contributed by atoms with van der Waals surface area (Å²) in [4.78, 5) is 12.3. The average molecular weight is 419 g/mol. The van der Waals surface area contributed by atoms with E-state index >= 15 is 0 Å². The molecule has 0 spiro atoms. The maximum atomic E-state index is 11.8. The lowest BCUT2D eigenvalue weighted by atomic mass is 10.1. The van der Waals surface area contributed by atoms with Crippen LogP contribution in [0.15, 0.2) is 59.4 Å². The summed E-state index contributed by atoms with van der Waals surface area (Å²) in [5, 5.41) is 0.834. The lowest BCUT2D eigenvalue weighted by molar-refractivity contribution is 0.316. The third kappa shape index (κ3) is 5.32. The number of thioether (sulfide) groups is 1. The average Bonchev–Trinajstić information content (AvgIpc) is 3.14. The molecule has 2 heterocycles. The first-order valence-corrected chi connectivity index (χ1v) is 11.6. The zero-order chi connectivity index (χ0) is 20.0. The van der Waals surface area contributed by atoms with Gasteiger partial charge in [0, 0.05) is 36.8 Å². The van der Waals surface area contributed by atoms with Crippen molar-refractivity contribution in [2.45, 2.75) is 30.2 Å². The molecule has 0 unspecified atom stereocenters. The van der Waals surface area contributed by atoms with Crippen LogP contribution in [0.2, 0.25) is 0 Å². The zero-order valence-corrected chi connectivity index (χ0v) is 17.4. The number of rotatable bonds is 9. The van der Waals surface area contributed by atoms with Gasteiger partial charge in [-0.15, -0.1) is 0 Å². The van der Waals surface area contributed by atoms with Gasteiger partial charge in [0.2, 0.25) is 15.0 Å². The van der Waals surface area contributed by atoms with Gasteiger partial charge in [0.15, 0.2) is 5.16 Å². The Morgan fingerprint density at radius 3 is 2.64 bits per heavy atom. The van der Waals surface area contributed by atoms with Gasteiger partial charge in [0.05, 0.1) is 13.2 Å². The van der Waals surface area contributed by atoms with E-state index in [1.54, 1.807) is 41.0 Å². The molecule has 3 aromatic rings. The second-order valence-corrected chi connectivity index (χ2v) is 9.20. The highest BCUT2D eigenvalue weighted by molar-refractivity contribution is 7.99. The summed E-state index contributed by atoms with van der Waals surface area (Å²) in [7, 11) is -3.37. The normalized spacial score (nSPS) is 11.5. The topological polar surface area (TPSA) is 87.0 Å². The highest BCUT2D eigenvalue weighted by Crippen LogP contribution is 2.23.